The zero-order chi connectivity index (χ0) is 16.3. The van der Waals surface area contributed by atoms with Crippen LogP contribution in [0.3, 0.4) is 0 Å². The van der Waals surface area contributed by atoms with E-state index < -0.39 is 15.7 Å². The van der Waals surface area contributed by atoms with Gasteiger partial charge in [-0.3, -0.25) is 4.79 Å². The molecule has 1 N–H and O–H groups in total. The fourth-order valence-corrected chi connectivity index (χ4v) is 2.63. The highest BCUT2D eigenvalue weighted by atomic mass is 35.5. The van der Waals surface area contributed by atoms with E-state index in [1.165, 1.54) is 18.2 Å². The van der Waals surface area contributed by atoms with Crippen molar-refractivity contribution in [3.63, 3.8) is 0 Å². The van der Waals surface area contributed by atoms with Gasteiger partial charge < -0.3 is 10.1 Å². The molecule has 1 amide bonds. The maximum absolute atomic E-state index is 12.2. The molecule has 0 radical (unpaired) electrons. The Labute approximate surface area is 133 Å². The van der Waals surface area contributed by atoms with Gasteiger partial charge in [0.1, 0.15) is 5.75 Å². The molecule has 5 nitrogen and oxygen atoms in total. The van der Waals surface area contributed by atoms with E-state index in [0.717, 1.165) is 6.26 Å². The molecule has 0 spiro atoms. The number of rotatable bonds is 4. The molecule has 2 rings (SSSR count). The molecule has 22 heavy (non-hydrogen) atoms. The van der Waals surface area contributed by atoms with Crippen molar-refractivity contribution in [2.24, 2.45) is 0 Å². The van der Waals surface area contributed by atoms with Crippen LogP contribution in [-0.2, 0) is 9.84 Å². The molecule has 7 heteroatoms. The van der Waals surface area contributed by atoms with Gasteiger partial charge in [-0.2, -0.15) is 0 Å². The highest BCUT2D eigenvalue weighted by Gasteiger charge is 2.15. The molecule has 0 aliphatic heterocycles. The lowest BCUT2D eigenvalue weighted by molar-refractivity contribution is 0.102. The lowest BCUT2D eigenvalue weighted by Gasteiger charge is -2.09. The third-order valence-corrected chi connectivity index (χ3v) is 4.40. The molecule has 0 bridgehead atoms. The predicted octanol–water partition coefficient (Wildman–Crippen LogP) is 3.00. The molecule has 0 aliphatic rings. The largest absolute Gasteiger partial charge is 0.497 e. The average Bonchev–Trinajstić information content (AvgIpc) is 2.47. The SMILES string of the molecule is COc1ccc(NC(=O)c2cc(S(C)(=O)=O)ccc2Cl)cc1. The lowest BCUT2D eigenvalue weighted by atomic mass is 10.2. The van der Waals surface area contributed by atoms with Crippen LogP contribution in [0.2, 0.25) is 5.02 Å². The third kappa shape index (κ3) is 3.78. The number of carbonyl (C=O) groups excluding carboxylic acids is 1. The van der Waals surface area contributed by atoms with Crippen LogP contribution in [0.5, 0.6) is 5.75 Å². The van der Waals surface area contributed by atoms with Crippen molar-refractivity contribution >= 4 is 33.0 Å². The van der Waals surface area contributed by atoms with Gasteiger partial charge in [-0.25, -0.2) is 8.42 Å². The van der Waals surface area contributed by atoms with Gasteiger partial charge in [0, 0.05) is 11.9 Å². The summed E-state index contributed by atoms with van der Waals surface area (Å²) in [7, 11) is -1.87. The number of methoxy groups -OCH3 is 1. The Hall–Kier alpha value is -2.05. The van der Waals surface area contributed by atoms with Crippen LogP contribution in [0.15, 0.2) is 47.4 Å². The molecule has 0 unspecified atom stereocenters. The van der Waals surface area contributed by atoms with E-state index in [1.807, 2.05) is 0 Å². The molecule has 0 aliphatic carbocycles. The fourth-order valence-electron chi connectivity index (χ4n) is 1.78. The summed E-state index contributed by atoms with van der Waals surface area (Å²) in [5, 5.41) is 2.83. The van der Waals surface area contributed by atoms with Crippen molar-refractivity contribution in [1.29, 1.82) is 0 Å². The van der Waals surface area contributed by atoms with Crippen LogP contribution in [0.25, 0.3) is 0 Å². The number of hydrogen-bond acceptors (Lipinski definition) is 4. The number of ether oxygens (including phenoxy) is 1. The Balaban J connectivity index is 2.28. The maximum Gasteiger partial charge on any atom is 0.257 e. The smallest absolute Gasteiger partial charge is 0.257 e. The normalized spacial score (nSPS) is 11.0. The quantitative estimate of drug-likeness (QED) is 0.929. The van der Waals surface area contributed by atoms with Crippen molar-refractivity contribution in [3.05, 3.63) is 53.1 Å². The first-order chi connectivity index (χ1) is 10.3. The van der Waals surface area contributed by atoms with Crippen LogP contribution < -0.4 is 10.1 Å². The Morgan fingerprint density at radius 3 is 2.32 bits per heavy atom. The molecule has 0 aromatic heterocycles. The van der Waals surface area contributed by atoms with Crippen molar-refractivity contribution in [2.75, 3.05) is 18.7 Å². The van der Waals surface area contributed by atoms with E-state index in [-0.39, 0.29) is 15.5 Å². The minimum absolute atomic E-state index is 0.0387. The molecular formula is C15H14ClNO4S. The van der Waals surface area contributed by atoms with Crippen molar-refractivity contribution < 1.29 is 17.9 Å². The molecule has 2 aromatic carbocycles. The monoisotopic (exact) mass is 339 g/mol. The van der Waals surface area contributed by atoms with E-state index in [0.29, 0.717) is 11.4 Å². The summed E-state index contributed by atoms with van der Waals surface area (Å²) in [4.78, 5) is 12.3. The van der Waals surface area contributed by atoms with Crippen molar-refractivity contribution in [1.82, 2.24) is 0 Å². The van der Waals surface area contributed by atoms with Crippen LogP contribution in [0, 0.1) is 0 Å². The molecule has 0 fully saturated rings. The zero-order valence-electron chi connectivity index (χ0n) is 12.0. The van der Waals surface area contributed by atoms with E-state index in [1.54, 1.807) is 31.4 Å². The van der Waals surface area contributed by atoms with Gasteiger partial charge in [0.25, 0.3) is 5.91 Å². The minimum Gasteiger partial charge on any atom is -0.497 e. The van der Waals surface area contributed by atoms with E-state index in [2.05, 4.69) is 5.32 Å². The van der Waals surface area contributed by atoms with Gasteiger partial charge in [0.2, 0.25) is 0 Å². The van der Waals surface area contributed by atoms with Gasteiger partial charge in [-0.15, -0.1) is 0 Å². The molecular weight excluding hydrogens is 326 g/mol. The first kappa shape index (κ1) is 16.3. The van der Waals surface area contributed by atoms with Crippen molar-refractivity contribution in [2.45, 2.75) is 4.90 Å². The summed E-state index contributed by atoms with van der Waals surface area (Å²) < 4.78 is 28.1. The highest BCUT2D eigenvalue weighted by molar-refractivity contribution is 7.90. The van der Waals surface area contributed by atoms with E-state index in [9.17, 15) is 13.2 Å². The molecule has 0 heterocycles. The second-order valence-corrected chi connectivity index (χ2v) is 7.02. The van der Waals surface area contributed by atoms with Crippen LogP contribution in [0.1, 0.15) is 10.4 Å². The van der Waals surface area contributed by atoms with E-state index >= 15 is 0 Å². The molecule has 116 valence electrons. The number of sulfone groups is 1. The maximum atomic E-state index is 12.2. The number of carbonyl (C=O) groups is 1. The van der Waals surface area contributed by atoms with Gasteiger partial charge in [0.15, 0.2) is 9.84 Å². The zero-order valence-corrected chi connectivity index (χ0v) is 13.5. The molecule has 0 atom stereocenters. The van der Waals surface area contributed by atoms with Gasteiger partial charge in [0.05, 0.1) is 22.6 Å². The van der Waals surface area contributed by atoms with Gasteiger partial charge >= 0.3 is 0 Å². The Kier molecular flexibility index (Phi) is 4.73. The van der Waals surface area contributed by atoms with Crippen molar-refractivity contribution in [3.8, 4) is 5.75 Å². The van der Waals surface area contributed by atoms with Crippen LogP contribution in [0.4, 0.5) is 5.69 Å². The van der Waals surface area contributed by atoms with Gasteiger partial charge in [-0.1, -0.05) is 11.6 Å². The third-order valence-electron chi connectivity index (χ3n) is 2.96. The number of amides is 1. The number of benzene rings is 2. The Bertz CT molecular complexity index is 801. The summed E-state index contributed by atoms with van der Waals surface area (Å²) in [6.45, 7) is 0. The standard InChI is InChI=1S/C15H14ClNO4S/c1-21-11-5-3-10(4-6-11)17-15(18)13-9-12(22(2,19)20)7-8-14(13)16/h3-9H,1-2H3,(H,17,18). The molecule has 2 aromatic rings. The number of nitrogens with one attached hydrogen (secondary N) is 1. The first-order valence-corrected chi connectivity index (χ1v) is 8.53. The second-order valence-electron chi connectivity index (χ2n) is 4.60. The lowest BCUT2D eigenvalue weighted by Crippen LogP contribution is -2.13. The van der Waals surface area contributed by atoms with E-state index in [4.69, 9.17) is 16.3 Å². The van der Waals surface area contributed by atoms with Crippen LogP contribution in [-0.4, -0.2) is 27.7 Å². The summed E-state index contributed by atoms with van der Waals surface area (Å²) >= 11 is 5.98. The Morgan fingerprint density at radius 1 is 1.14 bits per heavy atom. The second kappa shape index (κ2) is 6.37. The number of halogens is 1. The topological polar surface area (TPSA) is 72.5 Å². The summed E-state index contributed by atoms with van der Waals surface area (Å²) in [6, 6.07) is 10.8. The summed E-state index contributed by atoms with van der Waals surface area (Å²) in [6.07, 6.45) is 1.07. The summed E-state index contributed by atoms with van der Waals surface area (Å²) in [5.74, 6) is 0.177. The number of hydrogen-bond donors (Lipinski definition) is 1. The molecule has 0 saturated carbocycles. The fraction of sp³-hybridized carbons (Fsp3) is 0.133. The number of anilines is 1. The predicted molar refractivity (Wildman–Crippen MR) is 85.5 cm³/mol. The Morgan fingerprint density at radius 2 is 1.77 bits per heavy atom. The average molecular weight is 340 g/mol. The minimum atomic E-state index is -3.41. The first-order valence-electron chi connectivity index (χ1n) is 6.26. The van der Waals surface area contributed by atoms with Crippen LogP contribution >= 0.6 is 11.6 Å². The summed E-state index contributed by atoms with van der Waals surface area (Å²) in [5.41, 5.74) is 0.645. The molecule has 0 saturated heterocycles. The highest BCUT2D eigenvalue weighted by Crippen LogP contribution is 2.22. The van der Waals surface area contributed by atoms with Gasteiger partial charge in [-0.05, 0) is 42.5 Å².